The van der Waals surface area contributed by atoms with E-state index in [4.69, 9.17) is 0 Å². The lowest BCUT2D eigenvalue weighted by molar-refractivity contribution is -0.385. The second-order valence-electron chi connectivity index (χ2n) is 2.89. The zero-order chi connectivity index (χ0) is 9.42. The Morgan fingerprint density at radius 2 is 2.31 bits per heavy atom. The van der Waals surface area contributed by atoms with E-state index in [1.165, 1.54) is 6.07 Å². The SMILES string of the molecule is O=[N+]([O-])c1cc(F)c2c(c1)NCC2. The van der Waals surface area contributed by atoms with E-state index in [2.05, 4.69) is 5.32 Å². The molecule has 0 atom stereocenters. The van der Waals surface area contributed by atoms with Gasteiger partial charge in [0.05, 0.1) is 11.0 Å². The molecule has 4 nitrogen and oxygen atoms in total. The zero-order valence-corrected chi connectivity index (χ0v) is 6.71. The largest absolute Gasteiger partial charge is 0.384 e. The van der Waals surface area contributed by atoms with E-state index in [0.717, 1.165) is 6.07 Å². The van der Waals surface area contributed by atoms with Crippen LogP contribution in [0.15, 0.2) is 12.1 Å². The van der Waals surface area contributed by atoms with Gasteiger partial charge in [-0.05, 0) is 6.42 Å². The summed E-state index contributed by atoms with van der Waals surface area (Å²) in [4.78, 5) is 9.77. The minimum absolute atomic E-state index is 0.203. The molecule has 0 spiro atoms. The van der Waals surface area contributed by atoms with Crippen LogP contribution < -0.4 is 5.32 Å². The maximum absolute atomic E-state index is 13.2. The van der Waals surface area contributed by atoms with Crippen molar-refractivity contribution in [3.8, 4) is 0 Å². The van der Waals surface area contributed by atoms with E-state index in [0.29, 0.717) is 24.2 Å². The normalized spacial score (nSPS) is 13.6. The van der Waals surface area contributed by atoms with Crippen LogP contribution in [-0.4, -0.2) is 11.5 Å². The third-order valence-corrected chi connectivity index (χ3v) is 2.08. The van der Waals surface area contributed by atoms with Crippen molar-refractivity contribution in [2.24, 2.45) is 0 Å². The molecule has 1 aromatic carbocycles. The summed E-state index contributed by atoms with van der Waals surface area (Å²) >= 11 is 0. The fourth-order valence-electron chi connectivity index (χ4n) is 1.46. The summed E-state index contributed by atoms with van der Waals surface area (Å²) in [6.45, 7) is 0.646. The Morgan fingerprint density at radius 1 is 1.54 bits per heavy atom. The summed E-state index contributed by atoms with van der Waals surface area (Å²) in [5.74, 6) is -0.491. The second-order valence-corrected chi connectivity index (χ2v) is 2.89. The highest BCUT2D eigenvalue weighted by Gasteiger charge is 2.19. The average molecular weight is 182 g/mol. The number of nitrogens with one attached hydrogen (secondary N) is 1. The molecule has 5 heteroatoms. The zero-order valence-electron chi connectivity index (χ0n) is 6.71. The molecule has 0 unspecified atom stereocenters. The van der Waals surface area contributed by atoms with Crippen LogP contribution >= 0.6 is 0 Å². The highest BCUT2D eigenvalue weighted by Crippen LogP contribution is 2.29. The fourth-order valence-corrected chi connectivity index (χ4v) is 1.46. The molecule has 0 aromatic heterocycles. The molecule has 1 aliphatic rings. The highest BCUT2D eigenvalue weighted by atomic mass is 19.1. The molecule has 2 rings (SSSR count). The number of benzene rings is 1. The quantitative estimate of drug-likeness (QED) is 0.531. The van der Waals surface area contributed by atoms with Gasteiger partial charge in [-0.2, -0.15) is 0 Å². The van der Waals surface area contributed by atoms with Gasteiger partial charge in [-0.15, -0.1) is 0 Å². The average Bonchev–Trinajstić information content (AvgIpc) is 2.51. The van der Waals surface area contributed by atoms with Crippen LogP contribution in [0.3, 0.4) is 0 Å². The molecule has 1 N–H and O–H groups in total. The third-order valence-electron chi connectivity index (χ3n) is 2.08. The molecule has 0 aliphatic carbocycles. The lowest BCUT2D eigenvalue weighted by atomic mass is 10.1. The first-order chi connectivity index (χ1) is 6.18. The maximum Gasteiger partial charge on any atom is 0.274 e. The van der Waals surface area contributed by atoms with Gasteiger partial charge in [-0.1, -0.05) is 0 Å². The molecule has 0 saturated heterocycles. The van der Waals surface area contributed by atoms with Gasteiger partial charge in [-0.3, -0.25) is 10.1 Å². The number of non-ortho nitro benzene ring substituents is 1. The van der Waals surface area contributed by atoms with Gasteiger partial charge in [0.25, 0.3) is 5.69 Å². The lowest BCUT2D eigenvalue weighted by Crippen LogP contribution is -1.93. The Bertz CT molecular complexity index is 379. The van der Waals surface area contributed by atoms with Crippen molar-refractivity contribution in [2.45, 2.75) is 6.42 Å². The van der Waals surface area contributed by atoms with Gasteiger partial charge in [0, 0.05) is 23.9 Å². The topological polar surface area (TPSA) is 55.2 Å². The Balaban J connectivity index is 2.55. The van der Waals surface area contributed by atoms with Gasteiger partial charge in [0.2, 0.25) is 0 Å². The number of rotatable bonds is 1. The first-order valence-electron chi connectivity index (χ1n) is 3.89. The van der Waals surface area contributed by atoms with Crippen LogP contribution in [0.1, 0.15) is 5.56 Å². The van der Waals surface area contributed by atoms with Crippen molar-refractivity contribution in [1.29, 1.82) is 0 Å². The second kappa shape index (κ2) is 2.69. The Labute approximate surface area is 73.5 Å². The van der Waals surface area contributed by atoms with E-state index in [9.17, 15) is 14.5 Å². The van der Waals surface area contributed by atoms with Crippen molar-refractivity contribution in [2.75, 3.05) is 11.9 Å². The standard InChI is InChI=1S/C8H7FN2O2/c9-7-3-5(11(12)13)4-8-6(7)1-2-10-8/h3-4,10H,1-2H2. The predicted octanol–water partition coefficient (Wildman–Crippen LogP) is 1.70. The van der Waals surface area contributed by atoms with E-state index in [1.807, 2.05) is 0 Å². The molecular formula is C8H7FN2O2. The Morgan fingerprint density at radius 3 is 3.00 bits per heavy atom. The van der Waals surface area contributed by atoms with Gasteiger partial charge in [-0.25, -0.2) is 4.39 Å². The monoisotopic (exact) mass is 182 g/mol. The van der Waals surface area contributed by atoms with Crippen molar-refractivity contribution in [3.05, 3.63) is 33.6 Å². The molecule has 1 heterocycles. The third kappa shape index (κ3) is 1.22. The maximum atomic E-state index is 13.2. The van der Waals surface area contributed by atoms with Crippen LogP contribution in [-0.2, 0) is 6.42 Å². The highest BCUT2D eigenvalue weighted by molar-refractivity contribution is 5.61. The van der Waals surface area contributed by atoms with Crippen LogP contribution in [0.2, 0.25) is 0 Å². The number of fused-ring (bicyclic) bond motifs is 1. The number of hydrogen-bond donors (Lipinski definition) is 1. The number of hydrogen-bond acceptors (Lipinski definition) is 3. The van der Waals surface area contributed by atoms with Gasteiger partial charge < -0.3 is 5.32 Å². The van der Waals surface area contributed by atoms with Crippen molar-refractivity contribution >= 4 is 11.4 Å². The minimum atomic E-state index is -0.594. The van der Waals surface area contributed by atoms with Crippen molar-refractivity contribution in [3.63, 3.8) is 0 Å². The first kappa shape index (κ1) is 7.97. The molecular weight excluding hydrogens is 175 g/mol. The summed E-state index contributed by atoms with van der Waals surface area (Å²) in [5, 5.41) is 13.3. The summed E-state index contributed by atoms with van der Waals surface area (Å²) in [7, 11) is 0. The van der Waals surface area contributed by atoms with Crippen molar-refractivity contribution in [1.82, 2.24) is 0 Å². The number of nitro benzene ring substituents is 1. The van der Waals surface area contributed by atoms with Crippen LogP contribution in [0.4, 0.5) is 15.8 Å². The summed E-state index contributed by atoms with van der Waals surface area (Å²) in [6.07, 6.45) is 0.596. The van der Waals surface area contributed by atoms with E-state index >= 15 is 0 Å². The van der Waals surface area contributed by atoms with Crippen LogP contribution in [0.25, 0.3) is 0 Å². The molecule has 0 fully saturated rings. The molecule has 13 heavy (non-hydrogen) atoms. The minimum Gasteiger partial charge on any atom is -0.384 e. The summed E-state index contributed by atoms with van der Waals surface area (Å²) < 4.78 is 13.2. The van der Waals surface area contributed by atoms with Gasteiger partial charge >= 0.3 is 0 Å². The molecule has 0 amide bonds. The Kier molecular flexibility index (Phi) is 1.65. The molecule has 0 radical (unpaired) electrons. The number of nitro groups is 1. The lowest BCUT2D eigenvalue weighted by Gasteiger charge is -2.00. The summed E-state index contributed by atoms with van der Waals surface area (Å²) in [6, 6.07) is 2.33. The summed E-state index contributed by atoms with van der Waals surface area (Å²) in [5.41, 5.74) is 0.892. The smallest absolute Gasteiger partial charge is 0.274 e. The first-order valence-corrected chi connectivity index (χ1v) is 3.89. The van der Waals surface area contributed by atoms with Gasteiger partial charge in [0.15, 0.2) is 0 Å². The number of anilines is 1. The number of halogens is 1. The van der Waals surface area contributed by atoms with E-state index in [-0.39, 0.29) is 5.69 Å². The van der Waals surface area contributed by atoms with Crippen LogP contribution in [0, 0.1) is 15.9 Å². The molecule has 0 saturated carbocycles. The molecule has 1 aromatic rings. The van der Waals surface area contributed by atoms with Crippen LogP contribution in [0.5, 0.6) is 0 Å². The molecule has 1 aliphatic heterocycles. The fraction of sp³-hybridized carbons (Fsp3) is 0.250. The van der Waals surface area contributed by atoms with Gasteiger partial charge in [0.1, 0.15) is 5.82 Å². The van der Waals surface area contributed by atoms with E-state index < -0.39 is 10.7 Å². The van der Waals surface area contributed by atoms with E-state index in [1.54, 1.807) is 0 Å². The number of nitrogens with zero attached hydrogens (tertiary/aromatic N) is 1. The van der Waals surface area contributed by atoms with Crippen molar-refractivity contribution < 1.29 is 9.31 Å². The molecule has 0 bridgehead atoms. The molecule has 68 valence electrons. The Hall–Kier alpha value is -1.65. The predicted molar refractivity (Wildman–Crippen MR) is 45.2 cm³/mol.